The van der Waals surface area contributed by atoms with Crippen LogP contribution in [0.25, 0.3) is 0 Å². The summed E-state index contributed by atoms with van der Waals surface area (Å²) >= 11 is 0. The molecule has 2 saturated carbocycles. The van der Waals surface area contributed by atoms with Gasteiger partial charge in [-0.3, -0.25) is 4.90 Å². The van der Waals surface area contributed by atoms with Gasteiger partial charge < -0.3 is 0 Å². The molecule has 2 aliphatic carbocycles. The van der Waals surface area contributed by atoms with E-state index in [2.05, 4.69) is 18.7 Å². The summed E-state index contributed by atoms with van der Waals surface area (Å²) in [6.07, 6.45) is 7.22. The third kappa shape index (κ3) is 1.58. The van der Waals surface area contributed by atoms with Crippen LogP contribution in [0.2, 0.25) is 0 Å². The van der Waals surface area contributed by atoms with Crippen molar-refractivity contribution in [3.8, 4) is 0 Å². The minimum absolute atomic E-state index is 0.843. The Morgan fingerprint density at radius 3 is 1.91 bits per heavy atom. The van der Waals surface area contributed by atoms with Crippen LogP contribution in [0.4, 0.5) is 0 Å². The lowest BCUT2D eigenvalue weighted by atomic mass is 10.2. The number of nitrogens with zero attached hydrogens (tertiary/aromatic N) is 1. The molecule has 0 radical (unpaired) electrons. The van der Waals surface area contributed by atoms with E-state index in [9.17, 15) is 0 Å². The van der Waals surface area contributed by atoms with E-state index in [0.717, 1.165) is 18.1 Å². The molecule has 0 N–H and O–H groups in total. The predicted octanol–water partition coefficient (Wildman–Crippen LogP) is 2.41. The zero-order valence-electron chi connectivity index (χ0n) is 7.71. The number of rotatable bonds is 4. The summed E-state index contributed by atoms with van der Waals surface area (Å²) in [5, 5.41) is 0. The van der Waals surface area contributed by atoms with Crippen LogP contribution in [-0.4, -0.2) is 23.0 Å². The Labute approximate surface area is 69.8 Å². The van der Waals surface area contributed by atoms with Crippen molar-refractivity contribution in [1.29, 1.82) is 0 Å². The molecule has 1 atom stereocenters. The van der Waals surface area contributed by atoms with Gasteiger partial charge in [0.1, 0.15) is 0 Å². The molecule has 0 amide bonds. The van der Waals surface area contributed by atoms with Gasteiger partial charge >= 0.3 is 0 Å². The second-order valence-corrected chi connectivity index (χ2v) is 4.17. The van der Waals surface area contributed by atoms with E-state index in [0.29, 0.717) is 0 Å². The summed E-state index contributed by atoms with van der Waals surface area (Å²) in [6, 6.07) is 2.81. The predicted molar refractivity (Wildman–Crippen MR) is 47.6 cm³/mol. The molecular weight excluding hydrogens is 134 g/mol. The fourth-order valence-electron chi connectivity index (χ4n) is 1.97. The van der Waals surface area contributed by atoms with Crippen LogP contribution < -0.4 is 0 Å². The Morgan fingerprint density at radius 1 is 1.18 bits per heavy atom. The van der Waals surface area contributed by atoms with E-state index in [1.807, 2.05) is 0 Å². The molecule has 0 aromatic rings. The van der Waals surface area contributed by atoms with Crippen LogP contribution in [0.15, 0.2) is 0 Å². The van der Waals surface area contributed by atoms with Gasteiger partial charge in [0.05, 0.1) is 0 Å². The molecule has 2 aliphatic rings. The summed E-state index contributed by atoms with van der Waals surface area (Å²) in [4.78, 5) is 2.78. The topological polar surface area (TPSA) is 3.24 Å². The molecule has 0 heterocycles. The average molecular weight is 153 g/mol. The molecule has 2 fully saturated rings. The Bertz CT molecular complexity index is 124. The quantitative estimate of drug-likeness (QED) is 0.599. The van der Waals surface area contributed by atoms with Crippen molar-refractivity contribution in [3.05, 3.63) is 0 Å². The van der Waals surface area contributed by atoms with Gasteiger partial charge in [-0.2, -0.15) is 0 Å². The van der Waals surface area contributed by atoms with Gasteiger partial charge in [-0.25, -0.2) is 0 Å². The maximum absolute atomic E-state index is 2.78. The van der Waals surface area contributed by atoms with Crippen molar-refractivity contribution in [2.45, 2.75) is 64.1 Å². The highest BCUT2D eigenvalue weighted by molar-refractivity contribution is 4.96. The van der Waals surface area contributed by atoms with Crippen LogP contribution in [0.1, 0.15) is 46.0 Å². The van der Waals surface area contributed by atoms with Gasteiger partial charge in [-0.15, -0.1) is 0 Å². The largest absolute Gasteiger partial charge is 0.295 e. The highest BCUT2D eigenvalue weighted by atomic mass is 15.3. The van der Waals surface area contributed by atoms with Crippen molar-refractivity contribution >= 4 is 0 Å². The van der Waals surface area contributed by atoms with Gasteiger partial charge in [0, 0.05) is 18.1 Å². The van der Waals surface area contributed by atoms with Crippen LogP contribution in [0, 0.1) is 0 Å². The van der Waals surface area contributed by atoms with Crippen LogP contribution in [-0.2, 0) is 0 Å². The van der Waals surface area contributed by atoms with E-state index in [1.54, 1.807) is 0 Å². The number of hydrogen-bond donors (Lipinski definition) is 0. The average Bonchev–Trinajstić information content (AvgIpc) is 2.81. The lowest BCUT2D eigenvalue weighted by Gasteiger charge is -2.28. The van der Waals surface area contributed by atoms with Gasteiger partial charge in [0.2, 0.25) is 0 Å². The van der Waals surface area contributed by atoms with Gasteiger partial charge in [0.15, 0.2) is 0 Å². The maximum Gasteiger partial charge on any atom is 0.0102 e. The van der Waals surface area contributed by atoms with Crippen molar-refractivity contribution in [1.82, 2.24) is 4.90 Å². The Morgan fingerprint density at radius 2 is 1.64 bits per heavy atom. The third-order valence-electron chi connectivity index (χ3n) is 3.04. The number of hydrogen-bond acceptors (Lipinski definition) is 1. The minimum Gasteiger partial charge on any atom is -0.295 e. The van der Waals surface area contributed by atoms with E-state index >= 15 is 0 Å². The van der Waals surface area contributed by atoms with Crippen molar-refractivity contribution in [2.75, 3.05) is 0 Å². The molecular formula is C10H19N. The van der Waals surface area contributed by atoms with E-state index in [4.69, 9.17) is 0 Å². The van der Waals surface area contributed by atoms with Crippen molar-refractivity contribution < 1.29 is 0 Å². The van der Waals surface area contributed by atoms with Gasteiger partial charge in [-0.1, -0.05) is 6.92 Å². The standard InChI is InChI=1S/C10H19N/c1-3-8(2)11(9-4-5-9)10-6-7-10/h8-10H,3-7H2,1-2H3. The molecule has 0 bridgehead atoms. The zero-order chi connectivity index (χ0) is 7.84. The minimum atomic E-state index is 0.843. The molecule has 0 spiro atoms. The second kappa shape index (κ2) is 2.78. The van der Waals surface area contributed by atoms with Crippen molar-refractivity contribution in [3.63, 3.8) is 0 Å². The first-order chi connectivity index (χ1) is 5.33. The fourth-order valence-corrected chi connectivity index (χ4v) is 1.97. The van der Waals surface area contributed by atoms with E-state index < -0.39 is 0 Å². The first-order valence-electron chi connectivity index (χ1n) is 5.10. The highest BCUT2D eigenvalue weighted by Gasteiger charge is 2.40. The molecule has 0 aromatic carbocycles. The van der Waals surface area contributed by atoms with Gasteiger partial charge in [-0.05, 0) is 39.0 Å². The maximum atomic E-state index is 2.78. The molecule has 0 aliphatic heterocycles. The first-order valence-corrected chi connectivity index (χ1v) is 5.10. The lowest BCUT2D eigenvalue weighted by Crippen LogP contribution is -2.36. The summed E-state index contributed by atoms with van der Waals surface area (Å²) in [5.74, 6) is 0. The highest BCUT2D eigenvalue weighted by Crippen LogP contribution is 2.39. The molecule has 0 aromatic heterocycles. The molecule has 1 unspecified atom stereocenters. The lowest BCUT2D eigenvalue weighted by molar-refractivity contribution is 0.183. The van der Waals surface area contributed by atoms with Gasteiger partial charge in [0.25, 0.3) is 0 Å². The monoisotopic (exact) mass is 153 g/mol. The molecule has 64 valence electrons. The van der Waals surface area contributed by atoms with E-state index in [1.165, 1.54) is 32.1 Å². The second-order valence-electron chi connectivity index (χ2n) is 4.17. The molecule has 11 heavy (non-hydrogen) atoms. The van der Waals surface area contributed by atoms with Crippen LogP contribution in [0.3, 0.4) is 0 Å². The Hall–Kier alpha value is -0.0400. The molecule has 1 heteroatoms. The zero-order valence-corrected chi connectivity index (χ0v) is 7.71. The molecule has 2 rings (SSSR count). The summed E-state index contributed by atoms with van der Waals surface area (Å²) < 4.78 is 0. The fraction of sp³-hybridized carbons (Fsp3) is 1.00. The van der Waals surface area contributed by atoms with Crippen LogP contribution in [0.5, 0.6) is 0 Å². The summed E-state index contributed by atoms with van der Waals surface area (Å²) in [6.45, 7) is 4.69. The van der Waals surface area contributed by atoms with Crippen LogP contribution >= 0.6 is 0 Å². The Balaban J connectivity index is 1.90. The summed E-state index contributed by atoms with van der Waals surface area (Å²) in [5.41, 5.74) is 0. The third-order valence-corrected chi connectivity index (χ3v) is 3.04. The van der Waals surface area contributed by atoms with Crippen molar-refractivity contribution in [2.24, 2.45) is 0 Å². The molecule has 0 saturated heterocycles. The summed E-state index contributed by atoms with van der Waals surface area (Å²) in [7, 11) is 0. The first kappa shape index (κ1) is 7.60. The smallest absolute Gasteiger partial charge is 0.0102 e. The Kier molecular flexibility index (Phi) is 1.92. The normalized spacial score (nSPS) is 27.5. The SMILES string of the molecule is CCC(C)N(C1CC1)C1CC1. The molecule has 1 nitrogen and oxygen atoms in total. The van der Waals surface area contributed by atoms with E-state index in [-0.39, 0.29) is 0 Å².